The number of rotatable bonds is 6. The SMILES string of the molecule is Cc1ccc(OC(F)F)c(CN[C@H]2CCCN[C@H]2c2ccccc2)c1. The summed E-state index contributed by atoms with van der Waals surface area (Å²) < 4.78 is 29.9. The Bertz CT molecular complexity index is 679. The minimum atomic E-state index is -2.81. The molecular formula is C20H24F2N2O. The van der Waals surface area contributed by atoms with Gasteiger partial charge in [-0.05, 0) is 37.9 Å². The van der Waals surface area contributed by atoms with E-state index in [1.165, 1.54) is 5.56 Å². The van der Waals surface area contributed by atoms with Crippen molar-refractivity contribution in [3.05, 3.63) is 65.2 Å². The van der Waals surface area contributed by atoms with Gasteiger partial charge in [0.05, 0.1) is 0 Å². The zero-order chi connectivity index (χ0) is 17.6. The Labute approximate surface area is 147 Å². The summed E-state index contributed by atoms with van der Waals surface area (Å²) in [6.45, 7) is 0.626. The van der Waals surface area contributed by atoms with Gasteiger partial charge in [0, 0.05) is 24.2 Å². The molecule has 0 spiro atoms. The first-order valence-corrected chi connectivity index (χ1v) is 8.69. The van der Waals surface area contributed by atoms with Crippen LogP contribution in [0, 0.1) is 6.92 Å². The minimum Gasteiger partial charge on any atom is -0.434 e. The van der Waals surface area contributed by atoms with Crippen LogP contribution in [0.2, 0.25) is 0 Å². The smallest absolute Gasteiger partial charge is 0.387 e. The van der Waals surface area contributed by atoms with E-state index in [4.69, 9.17) is 0 Å². The molecule has 0 aromatic heterocycles. The van der Waals surface area contributed by atoms with Gasteiger partial charge in [-0.25, -0.2) is 0 Å². The fourth-order valence-electron chi connectivity index (χ4n) is 3.42. The maximum absolute atomic E-state index is 12.6. The van der Waals surface area contributed by atoms with E-state index in [2.05, 4.69) is 27.5 Å². The molecule has 5 heteroatoms. The van der Waals surface area contributed by atoms with Crippen LogP contribution in [0.4, 0.5) is 8.78 Å². The number of halogens is 2. The van der Waals surface area contributed by atoms with Gasteiger partial charge in [-0.1, -0.05) is 48.0 Å². The molecule has 3 rings (SSSR count). The summed E-state index contributed by atoms with van der Waals surface area (Å²) in [6, 6.07) is 16.1. The number of piperidine rings is 1. The van der Waals surface area contributed by atoms with E-state index in [-0.39, 0.29) is 17.8 Å². The van der Waals surface area contributed by atoms with Gasteiger partial charge in [0.15, 0.2) is 0 Å². The molecule has 134 valence electrons. The van der Waals surface area contributed by atoms with Crippen molar-refractivity contribution in [1.29, 1.82) is 0 Å². The highest BCUT2D eigenvalue weighted by molar-refractivity contribution is 5.37. The topological polar surface area (TPSA) is 33.3 Å². The van der Waals surface area contributed by atoms with Gasteiger partial charge in [-0.3, -0.25) is 0 Å². The van der Waals surface area contributed by atoms with Crippen molar-refractivity contribution in [2.75, 3.05) is 6.54 Å². The molecule has 0 aliphatic carbocycles. The van der Waals surface area contributed by atoms with Crippen LogP contribution >= 0.6 is 0 Å². The Balaban J connectivity index is 1.72. The summed E-state index contributed by atoms with van der Waals surface area (Å²) in [4.78, 5) is 0. The second kappa shape index (κ2) is 8.41. The van der Waals surface area contributed by atoms with Crippen molar-refractivity contribution >= 4 is 0 Å². The molecule has 0 bridgehead atoms. The first kappa shape index (κ1) is 17.8. The summed E-state index contributed by atoms with van der Waals surface area (Å²) >= 11 is 0. The largest absolute Gasteiger partial charge is 0.434 e. The lowest BCUT2D eigenvalue weighted by Crippen LogP contribution is -2.45. The molecular weight excluding hydrogens is 322 g/mol. The fraction of sp³-hybridized carbons (Fsp3) is 0.400. The first-order valence-electron chi connectivity index (χ1n) is 8.69. The van der Waals surface area contributed by atoms with E-state index < -0.39 is 6.61 Å². The summed E-state index contributed by atoms with van der Waals surface area (Å²) in [5.41, 5.74) is 3.03. The minimum absolute atomic E-state index is 0.222. The summed E-state index contributed by atoms with van der Waals surface area (Å²) in [5, 5.41) is 7.11. The summed E-state index contributed by atoms with van der Waals surface area (Å²) in [6.07, 6.45) is 2.14. The van der Waals surface area contributed by atoms with Crippen molar-refractivity contribution in [2.45, 2.75) is 45.0 Å². The third kappa shape index (κ3) is 4.77. The molecule has 1 aliphatic heterocycles. The number of ether oxygens (including phenoxy) is 1. The lowest BCUT2D eigenvalue weighted by molar-refractivity contribution is -0.0505. The zero-order valence-electron chi connectivity index (χ0n) is 14.3. The lowest BCUT2D eigenvalue weighted by atomic mass is 9.92. The van der Waals surface area contributed by atoms with Crippen molar-refractivity contribution in [2.24, 2.45) is 0 Å². The van der Waals surface area contributed by atoms with Crippen molar-refractivity contribution < 1.29 is 13.5 Å². The highest BCUT2D eigenvalue weighted by Gasteiger charge is 2.25. The number of benzene rings is 2. The molecule has 2 aromatic rings. The number of alkyl halides is 2. The van der Waals surface area contributed by atoms with Gasteiger partial charge < -0.3 is 15.4 Å². The maximum atomic E-state index is 12.6. The highest BCUT2D eigenvalue weighted by atomic mass is 19.3. The standard InChI is InChI=1S/C20H24F2N2O/c1-14-9-10-18(25-20(21)22)16(12-14)13-24-17-8-5-11-23-19(17)15-6-3-2-4-7-15/h2-4,6-7,9-10,12,17,19-20,23-24H,5,8,11,13H2,1H3/t17-,19-/m0/s1. The number of nitrogens with one attached hydrogen (secondary N) is 2. The predicted molar refractivity (Wildman–Crippen MR) is 94.9 cm³/mol. The number of hydrogen-bond donors (Lipinski definition) is 2. The quantitative estimate of drug-likeness (QED) is 0.823. The van der Waals surface area contributed by atoms with E-state index in [0.29, 0.717) is 6.54 Å². The molecule has 1 heterocycles. The van der Waals surface area contributed by atoms with Gasteiger partial charge in [-0.2, -0.15) is 8.78 Å². The van der Waals surface area contributed by atoms with Gasteiger partial charge >= 0.3 is 6.61 Å². The number of hydrogen-bond acceptors (Lipinski definition) is 3. The van der Waals surface area contributed by atoms with Crippen LogP contribution in [0.1, 0.15) is 35.6 Å². The molecule has 2 N–H and O–H groups in total. The van der Waals surface area contributed by atoms with Crippen LogP contribution in [0.5, 0.6) is 5.75 Å². The van der Waals surface area contributed by atoms with E-state index in [1.54, 1.807) is 12.1 Å². The monoisotopic (exact) mass is 346 g/mol. The zero-order valence-corrected chi connectivity index (χ0v) is 14.3. The lowest BCUT2D eigenvalue weighted by Gasteiger charge is -2.34. The average molecular weight is 346 g/mol. The van der Waals surface area contributed by atoms with E-state index in [0.717, 1.165) is 30.5 Å². The third-order valence-electron chi connectivity index (χ3n) is 4.60. The summed E-state index contributed by atoms with van der Waals surface area (Å²) in [5.74, 6) is 0.244. The first-order chi connectivity index (χ1) is 12.1. The molecule has 2 aromatic carbocycles. The van der Waals surface area contributed by atoms with E-state index in [9.17, 15) is 8.78 Å². The van der Waals surface area contributed by atoms with Crippen LogP contribution in [0.25, 0.3) is 0 Å². The van der Waals surface area contributed by atoms with E-state index >= 15 is 0 Å². The second-order valence-electron chi connectivity index (χ2n) is 6.46. The summed E-state index contributed by atoms with van der Waals surface area (Å²) in [7, 11) is 0. The molecule has 1 saturated heterocycles. The normalized spacial score (nSPS) is 20.6. The second-order valence-corrected chi connectivity index (χ2v) is 6.46. The van der Waals surface area contributed by atoms with Gasteiger partial charge in [0.2, 0.25) is 0 Å². The van der Waals surface area contributed by atoms with Crippen LogP contribution in [-0.4, -0.2) is 19.2 Å². The van der Waals surface area contributed by atoms with Crippen LogP contribution < -0.4 is 15.4 Å². The van der Waals surface area contributed by atoms with Crippen LogP contribution in [0.3, 0.4) is 0 Å². The third-order valence-corrected chi connectivity index (χ3v) is 4.60. The molecule has 0 saturated carbocycles. The van der Waals surface area contributed by atoms with Crippen molar-refractivity contribution in [3.8, 4) is 5.75 Å². The molecule has 1 aliphatic rings. The molecule has 25 heavy (non-hydrogen) atoms. The molecule has 1 fully saturated rings. The van der Waals surface area contributed by atoms with Gasteiger partial charge in [0.25, 0.3) is 0 Å². The Morgan fingerprint density at radius 1 is 1.20 bits per heavy atom. The van der Waals surface area contributed by atoms with Crippen molar-refractivity contribution in [1.82, 2.24) is 10.6 Å². The predicted octanol–water partition coefficient (Wildman–Crippen LogP) is 4.18. The molecule has 0 radical (unpaired) electrons. The fourth-order valence-corrected chi connectivity index (χ4v) is 3.42. The van der Waals surface area contributed by atoms with Crippen LogP contribution in [0.15, 0.2) is 48.5 Å². The van der Waals surface area contributed by atoms with Gasteiger partial charge in [-0.15, -0.1) is 0 Å². The van der Waals surface area contributed by atoms with E-state index in [1.807, 2.05) is 31.2 Å². The Kier molecular flexibility index (Phi) is 6.00. The molecule has 2 atom stereocenters. The average Bonchev–Trinajstić information content (AvgIpc) is 2.62. The molecule has 0 unspecified atom stereocenters. The highest BCUT2D eigenvalue weighted by Crippen LogP contribution is 2.26. The Morgan fingerprint density at radius 2 is 2.00 bits per heavy atom. The van der Waals surface area contributed by atoms with Crippen molar-refractivity contribution in [3.63, 3.8) is 0 Å². The number of aryl methyl sites for hydroxylation is 1. The molecule has 0 amide bonds. The van der Waals surface area contributed by atoms with Crippen LogP contribution in [-0.2, 0) is 6.54 Å². The van der Waals surface area contributed by atoms with Gasteiger partial charge in [0.1, 0.15) is 5.75 Å². The Hall–Kier alpha value is -1.98. The maximum Gasteiger partial charge on any atom is 0.387 e. The molecule has 3 nitrogen and oxygen atoms in total. The Morgan fingerprint density at radius 3 is 2.76 bits per heavy atom.